The van der Waals surface area contributed by atoms with Crippen LogP contribution in [0.1, 0.15) is 54.4 Å². The third kappa shape index (κ3) is 2.62. The Balaban J connectivity index is 2.04. The molecular formula is C16H27NO3. The molecule has 0 radical (unpaired) electrons. The van der Waals surface area contributed by atoms with Crippen molar-refractivity contribution in [2.24, 2.45) is 22.2 Å². The lowest BCUT2D eigenvalue weighted by atomic mass is 9.44. The molecule has 2 bridgehead atoms. The minimum absolute atomic E-state index is 0.00260. The molecule has 4 nitrogen and oxygen atoms in total. The van der Waals surface area contributed by atoms with Crippen molar-refractivity contribution in [2.45, 2.75) is 65.6 Å². The SMILES string of the molecule is CC(C)(C)OC(=O)CN=C1CC2CC(C1(C)O)C2(C)C. The standard InChI is InChI=1S/C16H27NO3/c1-14(2,3)20-13(18)9-17-12-8-10-7-11(15(10,4)5)16(12,6)19/h10-11,19H,7-9H2,1-6H3. The molecule has 3 aliphatic rings. The highest BCUT2D eigenvalue weighted by Crippen LogP contribution is 2.61. The third-order valence-electron chi connectivity index (χ3n) is 4.99. The Labute approximate surface area is 121 Å². The predicted molar refractivity (Wildman–Crippen MR) is 78.8 cm³/mol. The van der Waals surface area contributed by atoms with E-state index in [1.165, 1.54) is 0 Å². The van der Waals surface area contributed by atoms with Crippen LogP contribution >= 0.6 is 0 Å². The lowest BCUT2D eigenvalue weighted by Gasteiger charge is -2.62. The van der Waals surface area contributed by atoms with Crippen molar-refractivity contribution in [3.63, 3.8) is 0 Å². The number of rotatable bonds is 2. The fraction of sp³-hybridized carbons (Fsp3) is 0.875. The number of nitrogens with zero attached hydrogens (tertiary/aromatic N) is 1. The predicted octanol–water partition coefficient (Wildman–Crippen LogP) is 2.59. The van der Waals surface area contributed by atoms with Crippen LogP contribution < -0.4 is 0 Å². The topological polar surface area (TPSA) is 58.9 Å². The zero-order valence-electron chi connectivity index (χ0n) is 13.5. The first kappa shape index (κ1) is 15.5. The number of esters is 1. The molecule has 3 rings (SSSR count). The Kier molecular flexibility index (Phi) is 3.52. The van der Waals surface area contributed by atoms with Gasteiger partial charge in [-0.3, -0.25) is 9.79 Å². The van der Waals surface area contributed by atoms with Gasteiger partial charge in [-0.15, -0.1) is 0 Å². The summed E-state index contributed by atoms with van der Waals surface area (Å²) in [6.07, 6.45) is 1.85. The molecule has 3 saturated carbocycles. The van der Waals surface area contributed by atoms with E-state index in [1.807, 2.05) is 27.7 Å². The first-order chi connectivity index (χ1) is 8.94. The fourth-order valence-electron chi connectivity index (χ4n) is 3.72. The molecule has 0 heterocycles. The van der Waals surface area contributed by atoms with Gasteiger partial charge in [0, 0.05) is 5.71 Å². The number of aliphatic hydroxyl groups is 1. The van der Waals surface area contributed by atoms with Crippen LogP contribution in [0.25, 0.3) is 0 Å². The van der Waals surface area contributed by atoms with Gasteiger partial charge in [-0.25, -0.2) is 0 Å². The second kappa shape index (κ2) is 4.55. The molecule has 3 atom stereocenters. The number of hydrogen-bond donors (Lipinski definition) is 1. The van der Waals surface area contributed by atoms with Crippen molar-refractivity contribution < 1.29 is 14.6 Å². The molecule has 3 aliphatic carbocycles. The highest BCUT2D eigenvalue weighted by Gasteiger charge is 2.61. The average molecular weight is 281 g/mol. The van der Waals surface area contributed by atoms with E-state index in [0.29, 0.717) is 5.92 Å². The second-order valence-corrected chi connectivity index (χ2v) is 8.01. The zero-order chi connectivity index (χ0) is 15.3. The largest absolute Gasteiger partial charge is 0.459 e. The highest BCUT2D eigenvalue weighted by molar-refractivity contribution is 5.95. The number of fused-ring (bicyclic) bond motifs is 2. The number of ether oxygens (including phenoxy) is 1. The summed E-state index contributed by atoms with van der Waals surface area (Å²) >= 11 is 0. The van der Waals surface area contributed by atoms with Gasteiger partial charge >= 0.3 is 5.97 Å². The minimum Gasteiger partial charge on any atom is -0.459 e. The summed E-state index contributed by atoms with van der Waals surface area (Å²) in [6, 6.07) is 0. The van der Waals surface area contributed by atoms with Crippen molar-refractivity contribution in [3.05, 3.63) is 0 Å². The van der Waals surface area contributed by atoms with Gasteiger partial charge < -0.3 is 9.84 Å². The maximum Gasteiger partial charge on any atom is 0.328 e. The Hall–Kier alpha value is -0.900. The lowest BCUT2D eigenvalue weighted by Crippen LogP contribution is -2.64. The summed E-state index contributed by atoms with van der Waals surface area (Å²) < 4.78 is 5.25. The van der Waals surface area contributed by atoms with Crippen LogP contribution in [0.2, 0.25) is 0 Å². The van der Waals surface area contributed by atoms with Crippen molar-refractivity contribution in [1.82, 2.24) is 0 Å². The van der Waals surface area contributed by atoms with E-state index in [0.717, 1.165) is 18.6 Å². The van der Waals surface area contributed by atoms with Gasteiger partial charge in [-0.2, -0.15) is 0 Å². The number of hydrogen-bond acceptors (Lipinski definition) is 4. The number of carbonyl (C=O) groups excluding carboxylic acids is 1. The van der Waals surface area contributed by atoms with Crippen molar-refractivity contribution >= 4 is 11.7 Å². The van der Waals surface area contributed by atoms with Gasteiger partial charge in [0.25, 0.3) is 0 Å². The third-order valence-corrected chi connectivity index (χ3v) is 4.99. The van der Waals surface area contributed by atoms with Crippen LogP contribution in [0, 0.1) is 17.3 Å². The maximum absolute atomic E-state index is 11.7. The van der Waals surface area contributed by atoms with Gasteiger partial charge in [-0.1, -0.05) is 13.8 Å². The van der Waals surface area contributed by atoms with E-state index >= 15 is 0 Å². The van der Waals surface area contributed by atoms with Crippen molar-refractivity contribution in [1.29, 1.82) is 0 Å². The van der Waals surface area contributed by atoms with Gasteiger partial charge in [0.05, 0.1) is 0 Å². The summed E-state index contributed by atoms with van der Waals surface area (Å²) in [4.78, 5) is 16.1. The molecular weight excluding hydrogens is 254 g/mol. The summed E-state index contributed by atoms with van der Waals surface area (Å²) in [5, 5.41) is 10.7. The zero-order valence-corrected chi connectivity index (χ0v) is 13.5. The molecule has 3 unspecified atom stereocenters. The lowest BCUT2D eigenvalue weighted by molar-refractivity contribution is -0.153. The summed E-state index contributed by atoms with van der Waals surface area (Å²) in [7, 11) is 0. The van der Waals surface area contributed by atoms with Gasteiger partial charge in [0.15, 0.2) is 0 Å². The van der Waals surface area contributed by atoms with Gasteiger partial charge in [0.2, 0.25) is 0 Å². The Bertz CT molecular complexity index is 443. The van der Waals surface area contributed by atoms with Gasteiger partial charge in [0.1, 0.15) is 17.7 Å². The maximum atomic E-state index is 11.7. The van der Waals surface area contributed by atoms with E-state index < -0.39 is 11.2 Å². The molecule has 1 N–H and O–H groups in total. The Morgan fingerprint density at radius 3 is 2.45 bits per heavy atom. The second-order valence-electron chi connectivity index (χ2n) is 8.01. The number of aliphatic imine (C=N–C) groups is 1. The van der Waals surface area contributed by atoms with Crippen LogP contribution in [0.15, 0.2) is 4.99 Å². The van der Waals surface area contributed by atoms with E-state index in [-0.39, 0.29) is 23.8 Å². The summed E-state index contributed by atoms with van der Waals surface area (Å²) in [5.74, 6) is 0.482. The molecule has 0 aromatic heterocycles. The summed E-state index contributed by atoms with van der Waals surface area (Å²) in [6.45, 7) is 11.8. The van der Waals surface area contributed by atoms with Crippen molar-refractivity contribution in [2.75, 3.05) is 6.54 Å². The Morgan fingerprint density at radius 2 is 2.00 bits per heavy atom. The van der Waals surface area contributed by atoms with Gasteiger partial charge in [-0.05, 0) is 57.8 Å². The monoisotopic (exact) mass is 281 g/mol. The van der Waals surface area contributed by atoms with E-state index in [1.54, 1.807) is 0 Å². The molecule has 114 valence electrons. The smallest absolute Gasteiger partial charge is 0.328 e. The van der Waals surface area contributed by atoms with Crippen LogP contribution in [0.3, 0.4) is 0 Å². The van der Waals surface area contributed by atoms with E-state index in [9.17, 15) is 9.90 Å². The number of carbonyl (C=O) groups is 1. The van der Waals surface area contributed by atoms with Crippen LogP contribution in [0.4, 0.5) is 0 Å². The fourth-order valence-corrected chi connectivity index (χ4v) is 3.72. The van der Waals surface area contributed by atoms with Crippen LogP contribution in [0.5, 0.6) is 0 Å². The molecule has 3 fully saturated rings. The van der Waals surface area contributed by atoms with Crippen LogP contribution in [-0.2, 0) is 9.53 Å². The molecule has 4 heteroatoms. The first-order valence-corrected chi connectivity index (χ1v) is 7.42. The van der Waals surface area contributed by atoms with Crippen molar-refractivity contribution in [3.8, 4) is 0 Å². The molecule has 0 aromatic rings. The van der Waals surface area contributed by atoms with Crippen LogP contribution in [-0.4, -0.2) is 34.5 Å². The molecule has 0 spiro atoms. The quantitative estimate of drug-likeness (QED) is 0.791. The molecule has 0 amide bonds. The Morgan fingerprint density at radius 1 is 1.40 bits per heavy atom. The van der Waals surface area contributed by atoms with E-state index in [2.05, 4.69) is 18.8 Å². The average Bonchev–Trinajstić information content (AvgIpc) is 2.23. The van der Waals surface area contributed by atoms with E-state index in [4.69, 9.17) is 4.74 Å². The molecule has 20 heavy (non-hydrogen) atoms. The normalized spacial score (nSPS) is 37.5. The highest BCUT2D eigenvalue weighted by atomic mass is 16.6. The molecule has 0 aromatic carbocycles. The first-order valence-electron chi connectivity index (χ1n) is 7.42. The molecule has 0 saturated heterocycles. The minimum atomic E-state index is -0.889. The summed E-state index contributed by atoms with van der Waals surface area (Å²) in [5.41, 5.74) is -0.436. The molecule has 0 aliphatic heterocycles.